The zero-order valence-corrected chi connectivity index (χ0v) is 14.6. The summed E-state index contributed by atoms with van der Waals surface area (Å²) in [5.41, 5.74) is 0. The molecule has 0 aromatic heterocycles. The summed E-state index contributed by atoms with van der Waals surface area (Å²) in [5, 5.41) is 0. The van der Waals surface area contributed by atoms with Crippen molar-refractivity contribution >= 4 is 12.4 Å². The van der Waals surface area contributed by atoms with Crippen molar-refractivity contribution in [3.63, 3.8) is 0 Å². The van der Waals surface area contributed by atoms with E-state index >= 15 is 0 Å². The van der Waals surface area contributed by atoms with Gasteiger partial charge in [0.15, 0.2) is 0 Å². The zero-order chi connectivity index (χ0) is 14.9. The molecule has 1 aliphatic heterocycles. The molecule has 0 aliphatic carbocycles. The maximum Gasteiger partial charge on any atom is 0.122 e. The highest BCUT2D eigenvalue weighted by Gasteiger charge is 2.12. The highest BCUT2D eigenvalue weighted by Crippen LogP contribution is 2.19. The maximum absolute atomic E-state index is 5.82. The molecule has 0 radical (unpaired) electrons. The van der Waals surface area contributed by atoms with Crippen LogP contribution < -0.4 is 9.47 Å². The highest BCUT2D eigenvalue weighted by molar-refractivity contribution is 5.85. The predicted octanol–water partition coefficient (Wildman–Crippen LogP) is 2.91. The predicted molar refractivity (Wildman–Crippen MR) is 93.5 cm³/mol. The first kappa shape index (κ1) is 19.1. The molecule has 22 heavy (non-hydrogen) atoms. The van der Waals surface area contributed by atoms with Crippen LogP contribution in [0.2, 0.25) is 0 Å². The second kappa shape index (κ2) is 10.7. The van der Waals surface area contributed by atoms with E-state index in [4.69, 9.17) is 9.47 Å². The second-order valence-electron chi connectivity index (χ2n) is 5.67. The number of likely N-dealkylation sites (N-methyl/N-ethyl adjacent to an activating group) is 1. The molecule has 1 saturated heterocycles. The lowest BCUT2D eigenvalue weighted by Crippen LogP contribution is -2.44. The number of hydrogen-bond donors (Lipinski definition) is 0. The average Bonchev–Trinajstić information content (AvgIpc) is 2.52. The van der Waals surface area contributed by atoms with Gasteiger partial charge in [-0.25, -0.2) is 0 Å². The number of halogens is 1. The van der Waals surface area contributed by atoms with Gasteiger partial charge < -0.3 is 19.3 Å². The molecule has 0 saturated carbocycles. The van der Waals surface area contributed by atoms with Gasteiger partial charge in [0, 0.05) is 38.8 Å². The highest BCUT2D eigenvalue weighted by atomic mass is 35.5. The monoisotopic (exact) mass is 328 g/mol. The van der Waals surface area contributed by atoms with Crippen molar-refractivity contribution in [2.45, 2.75) is 19.8 Å². The molecule has 1 aliphatic rings. The van der Waals surface area contributed by atoms with Crippen LogP contribution in [0.1, 0.15) is 19.8 Å². The van der Waals surface area contributed by atoms with Crippen molar-refractivity contribution in [1.29, 1.82) is 0 Å². The minimum atomic E-state index is 0. The fourth-order valence-electron chi connectivity index (χ4n) is 2.42. The molecule has 1 heterocycles. The van der Waals surface area contributed by atoms with E-state index in [0.717, 1.165) is 44.1 Å². The zero-order valence-electron chi connectivity index (χ0n) is 13.8. The summed E-state index contributed by atoms with van der Waals surface area (Å²) in [6.07, 6.45) is 2.10. The summed E-state index contributed by atoms with van der Waals surface area (Å²) in [5.74, 6) is 1.80. The van der Waals surface area contributed by atoms with E-state index in [1.54, 1.807) is 0 Å². The van der Waals surface area contributed by atoms with Gasteiger partial charge in [0.1, 0.15) is 11.5 Å². The van der Waals surface area contributed by atoms with E-state index in [1.165, 1.54) is 26.2 Å². The topological polar surface area (TPSA) is 24.9 Å². The molecule has 0 unspecified atom stereocenters. The van der Waals surface area contributed by atoms with E-state index in [2.05, 4.69) is 23.8 Å². The van der Waals surface area contributed by atoms with Gasteiger partial charge in [-0.15, -0.1) is 12.4 Å². The smallest absolute Gasteiger partial charge is 0.122 e. The largest absolute Gasteiger partial charge is 0.493 e. The van der Waals surface area contributed by atoms with E-state index in [1.807, 2.05) is 24.3 Å². The van der Waals surface area contributed by atoms with Crippen LogP contribution in [0.5, 0.6) is 11.5 Å². The summed E-state index contributed by atoms with van der Waals surface area (Å²) < 4.78 is 11.4. The van der Waals surface area contributed by atoms with Crippen LogP contribution in [0.3, 0.4) is 0 Å². The molecule has 4 nitrogen and oxygen atoms in total. The van der Waals surface area contributed by atoms with Crippen LogP contribution in [0, 0.1) is 0 Å². The molecule has 126 valence electrons. The van der Waals surface area contributed by atoms with Crippen molar-refractivity contribution in [1.82, 2.24) is 9.80 Å². The average molecular weight is 329 g/mol. The van der Waals surface area contributed by atoms with E-state index in [-0.39, 0.29) is 12.4 Å². The van der Waals surface area contributed by atoms with Crippen LogP contribution in [0.4, 0.5) is 0 Å². The first-order chi connectivity index (χ1) is 10.3. The molecule has 1 fully saturated rings. The fourth-order valence-corrected chi connectivity index (χ4v) is 2.42. The minimum absolute atomic E-state index is 0. The molecule has 0 atom stereocenters. The first-order valence-corrected chi connectivity index (χ1v) is 8.04. The Morgan fingerprint density at radius 2 is 1.64 bits per heavy atom. The number of rotatable bonds is 8. The third kappa shape index (κ3) is 6.86. The molecule has 1 aromatic carbocycles. The molecule has 1 aromatic rings. The Bertz CT molecular complexity index is 409. The molecular formula is C17H29ClN2O2. The van der Waals surface area contributed by atoms with Crippen LogP contribution >= 0.6 is 12.4 Å². The van der Waals surface area contributed by atoms with Gasteiger partial charge in [0.25, 0.3) is 0 Å². The number of hydrogen-bond acceptors (Lipinski definition) is 4. The van der Waals surface area contributed by atoms with Gasteiger partial charge >= 0.3 is 0 Å². The number of benzene rings is 1. The Kier molecular flexibility index (Phi) is 9.28. The van der Waals surface area contributed by atoms with Gasteiger partial charge in [0.05, 0.1) is 13.2 Å². The van der Waals surface area contributed by atoms with Crippen molar-refractivity contribution in [2.75, 3.05) is 53.0 Å². The lowest BCUT2D eigenvalue weighted by atomic mass is 10.3. The van der Waals surface area contributed by atoms with Gasteiger partial charge in [-0.2, -0.15) is 0 Å². The lowest BCUT2D eigenvalue weighted by molar-refractivity contribution is 0.145. The quantitative estimate of drug-likeness (QED) is 0.685. The van der Waals surface area contributed by atoms with Gasteiger partial charge in [-0.1, -0.05) is 13.0 Å². The van der Waals surface area contributed by atoms with Crippen LogP contribution in [0.15, 0.2) is 24.3 Å². The Hall–Kier alpha value is -0.970. The normalized spacial score (nSPS) is 16.1. The van der Waals surface area contributed by atoms with Gasteiger partial charge in [-0.05, 0) is 32.0 Å². The van der Waals surface area contributed by atoms with Crippen molar-refractivity contribution in [2.24, 2.45) is 0 Å². The maximum atomic E-state index is 5.82. The molecule has 0 spiro atoms. The summed E-state index contributed by atoms with van der Waals surface area (Å²) in [6, 6.07) is 7.94. The first-order valence-electron chi connectivity index (χ1n) is 8.04. The summed E-state index contributed by atoms with van der Waals surface area (Å²) >= 11 is 0. The van der Waals surface area contributed by atoms with Crippen LogP contribution in [-0.4, -0.2) is 62.8 Å². The standard InChI is InChI=1S/C17H28N2O2.ClH/c1-3-13-20-16-6-4-7-17(15-16)21-14-5-8-19-11-9-18(2)10-12-19;/h4,6-7,15H,3,5,8-14H2,1-2H3;1H. The number of nitrogens with zero attached hydrogens (tertiary/aromatic N) is 2. The third-order valence-corrected chi connectivity index (χ3v) is 3.76. The summed E-state index contributed by atoms with van der Waals surface area (Å²) in [7, 11) is 2.19. The molecule has 0 N–H and O–H groups in total. The molecular weight excluding hydrogens is 300 g/mol. The number of piperazine rings is 1. The molecule has 0 bridgehead atoms. The third-order valence-electron chi connectivity index (χ3n) is 3.76. The Morgan fingerprint density at radius 1 is 1.00 bits per heavy atom. The van der Waals surface area contributed by atoms with E-state index in [0.29, 0.717) is 0 Å². The van der Waals surface area contributed by atoms with Crippen LogP contribution in [0.25, 0.3) is 0 Å². The minimum Gasteiger partial charge on any atom is -0.493 e. The fraction of sp³-hybridized carbons (Fsp3) is 0.647. The number of ether oxygens (including phenoxy) is 2. The van der Waals surface area contributed by atoms with Crippen molar-refractivity contribution < 1.29 is 9.47 Å². The Balaban J connectivity index is 0.00000242. The lowest BCUT2D eigenvalue weighted by Gasteiger charge is -2.32. The summed E-state index contributed by atoms with van der Waals surface area (Å²) in [6.45, 7) is 9.47. The summed E-state index contributed by atoms with van der Waals surface area (Å²) in [4.78, 5) is 4.90. The SMILES string of the molecule is CCCOc1cccc(OCCCN2CCN(C)CC2)c1.Cl. The van der Waals surface area contributed by atoms with E-state index < -0.39 is 0 Å². The molecule has 0 amide bonds. The van der Waals surface area contributed by atoms with Crippen LogP contribution in [-0.2, 0) is 0 Å². The van der Waals surface area contributed by atoms with E-state index in [9.17, 15) is 0 Å². The van der Waals surface area contributed by atoms with Crippen molar-refractivity contribution in [3.8, 4) is 11.5 Å². The van der Waals surface area contributed by atoms with Gasteiger partial charge in [-0.3, -0.25) is 0 Å². The van der Waals surface area contributed by atoms with Gasteiger partial charge in [0.2, 0.25) is 0 Å². The molecule has 5 heteroatoms. The Labute approximate surface area is 140 Å². The van der Waals surface area contributed by atoms with Crippen molar-refractivity contribution in [3.05, 3.63) is 24.3 Å². The Morgan fingerprint density at radius 3 is 2.27 bits per heavy atom. The second-order valence-corrected chi connectivity index (χ2v) is 5.67. The molecule has 2 rings (SSSR count).